The van der Waals surface area contributed by atoms with E-state index in [9.17, 15) is 20.2 Å². The first kappa shape index (κ1) is 17.3. The highest BCUT2D eigenvalue weighted by Gasteiger charge is 2.37. The van der Waals surface area contributed by atoms with Gasteiger partial charge in [-0.05, 0) is 17.7 Å². The van der Waals surface area contributed by atoms with Gasteiger partial charge in [0.2, 0.25) is 0 Å². The molecular weight excluding hydrogens is 358 g/mol. The molecule has 1 heterocycles. The number of hydrogen-bond donors (Lipinski definition) is 0. The number of hydrogen-bond acceptors (Lipinski definition) is 8. The fourth-order valence-corrected chi connectivity index (χ4v) is 3.03. The van der Waals surface area contributed by atoms with Crippen LogP contribution in [0.5, 0.6) is 0 Å². The van der Waals surface area contributed by atoms with Crippen LogP contribution in [0.1, 0.15) is 11.1 Å². The van der Waals surface area contributed by atoms with Crippen molar-refractivity contribution in [3.05, 3.63) is 60.0 Å². The van der Waals surface area contributed by atoms with Gasteiger partial charge in [0, 0.05) is 7.05 Å². The van der Waals surface area contributed by atoms with E-state index >= 15 is 0 Å². The quantitative estimate of drug-likeness (QED) is 0.453. The van der Waals surface area contributed by atoms with E-state index in [-0.39, 0.29) is 9.34 Å². The summed E-state index contributed by atoms with van der Waals surface area (Å²) in [7, 11) is 1.42. The van der Waals surface area contributed by atoms with E-state index in [1.54, 1.807) is 24.3 Å². The molecule has 0 aliphatic carbocycles. The zero-order valence-corrected chi connectivity index (χ0v) is 13.6. The number of nitro groups is 2. The summed E-state index contributed by atoms with van der Waals surface area (Å²) in [6, 6.07) is 8.46. The topological polar surface area (TPSA) is 126 Å². The first-order chi connectivity index (χ1) is 11.3. The molecule has 0 spiro atoms. The maximum Gasteiger partial charge on any atom is 0.383 e. The minimum atomic E-state index is -0.890. The average molecular weight is 366 g/mol. The van der Waals surface area contributed by atoms with Gasteiger partial charge in [0.25, 0.3) is 0 Å². The number of nitrogens with zero attached hydrogens (tertiary/aromatic N) is 5. The number of halogens is 1. The lowest BCUT2D eigenvalue weighted by atomic mass is 10.2. The van der Waals surface area contributed by atoms with Crippen molar-refractivity contribution in [3.63, 3.8) is 0 Å². The summed E-state index contributed by atoms with van der Waals surface area (Å²) in [5.74, 6) is 0. The van der Waals surface area contributed by atoms with E-state index in [1.165, 1.54) is 13.3 Å². The van der Waals surface area contributed by atoms with Crippen LogP contribution in [-0.4, -0.2) is 23.1 Å². The van der Waals surface area contributed by atoms with Gasteiger partial charge in [0.05, 0.1) is 27.7 Å². The minimum Gasteiger partial charge on any atom is -0.258 e. The predicted octanol–water partition coefficient (Wildman–Crippen LogP) is 3.56. The summed E-state index contributed by atoms with van der Waals surface area (Å²) in [5.41, 5.74) is -0.311. The largest absolute Gasteiger partial charge is 0.383 e. The fourth-order valence-electron chi connectivity index (χ4n) is 1.77. The van der Waals surface area contributed by atoms with Gasteiger partial charge in [-0.15, -0.1) is 0 Å². The molecule has 0 N–H and O–H groups in total. The Morgan fingerprint density at radius 2 is 1.83 bits per heavy atom. The number of benzene rings is 1. The second kappa shape index (κ2) is 7.03. The molecule has 1 aromatic carbocycles. The summed E-state index contributed by atoms with van der Waals surface area (Å²) in [6.07, 6.45) is 1.41. The van der Waals surface area contributed by atoms with Gasteiger partial charge in [0.1, 0.15) is 0 Å². The second-order valence-corrected chi connectivity index (χ2v) is 6.00. The maximum atomic E-state index is 11.1. The minimum absolute atomic E-state index is 0.0541. The molecule has 24 heavy (non-hydrogen) atoms. The Kier molecular flexibility index (Phi) is 5.08. The summed E-state index contributed by atoms with van der Waals surface area (Å²) in [6.45, 7) is 0. The van der Waals surface area contributed by atoms with Gasteiger partial charge < -0.3 is 0 Å². The summed E-state index contributed by atoms with van der Waals surface area (Å²) < 4.78 is -0.290. The van der Waals surface area contributed by atoms with Crippen molar-refractivity contribution in [2.75, 3.05) is 12.1 Å². The third kappa shape index (κ3) is 3.48. The molecule has 2 rings (SSSR count). The Hall–Kier alpha value is -3.03. The third-order valence-electron chi connectivity index (χ3n) is 2.88. The lowest BCUT2D eigenvalue weighted by molar-refractivity contribution is -0.421. The van der Waals surface area contributed by atoms with Crippen LogP contribution in [0.3, 0.4) is 0 Å². The molecule has 0 unspecified atom stereocenters. The second-order valence-electron chi connectivity index (χ2n) is 4.39. The van der Waals surface area contributed by atoms with E-state index in [0.717, 1.165) is 5.01 Å². The standard InChI is InChI=1S/C13H8ClN5O4S/c1-17(16-7-9-4-2-8(6-15)3-5-9)13-11(19(22)23)10(18(20)21)12(14)24-13/h2-5,7H,1H3/b16-7-. The molecule has 0 amide bonds. The molecule has 0 saturated heterocycles. The Morgan fingerprint density at radius 3 is 2.33 bits per heavy atom. The van der Waals surface area contributed by atoms with Crippen molar-refractivity contribution < 1.29 is 9.85 Å². The predicted molar refractivity (Wildman–Crippen MR) is 89.8 cm³/mol. The number of anilines is 1. The Morgan fingerprint density at radius 1 is 1.25 bits per heavy atom. The van der Waals surface area contributed by atoms with E-state index in [2.05, 4.69) is 5.10 Å². The monoisotopic (exact) mass is 365 g/mol. The molecule has 122 valence electrons. The van der Waals surface area contributed by atoms with E-state index < -0.39 is 21.2 Å². The van der Waals surface area contributed by atoms with Crippen molar-refractivity contribution in [3.8, 4) is 6.07 Å². The van der Waals surface area contributed by atoms with Crippen LogP contribution in [0.15, 0.2) is 29.4 Å². The first-order valence-corrected chi connectivity index (χ1v) is 7.43. The molecule has 0 radical (unpaired) electrons. The zero-order chi connectivity index (χ0) is 17.9. The highest BCUT2D eigenvalue weighted by Crippen LogP contribution is 2.49. The van der Waals surface area contributed by atoms with Crippen molar-refractivity contribution in [2.24, 2.45) is 5.10 Å². The van der Waals surface area contributed by atoms with Gasteiger partial charge in [-0.2, -0.15) is 10.4 Å². The molecule has 0 aliphatic heterocycles. The summed E-state index contributed by atoms with van der Waals surface area (Å²) in [4.78, 5) is 20.4. The van der Waals surface area contributed by atoms with Crippen LogP contribution in [0.25, 0.3) is 0 Å². The molecule has 0 aliphatic rings. The maximum absolute atomic E-state index is 11.1. The smallest absolute Gasteiger partial charge is 0.258 e. The van der Waals surface area contributed by atoms with Gasteiger partial charge in [-0.3, -0.25) is 25.2 Å². The fraction of sp³-hybridized carbons (Fsp3) is 0.0769. The highest BCUT2D eigenvalue weighted by molar-refractivity contribution is 7.21. The lowest BCUT2D eigenvalue weighted by Crippen LogP contribution is -2.09. The molecule has 11 heteroatoms. The van der Waals surface area contributed by atoms with Crippen LogP contribution in [0.4, 0.5) is 16.4 Å². The third-order valence-corrected chi connectivity index (χ3v) is 4.31. The normalized spacial score (nSPS) is 10.5. The van der Waals surface area contributed by atoms with Crippen LogP contribution in [0, 0.1) is 31.6 Å². The van der Waals surface area contributed by atoms with Crippen molar-refractivity contribution in [1.82, 2.24) is 0 Å². The molecular formula is C13H8ClN5O4S. The summed E-state index contributed by atoms with van der Waals surface area (Å²) >= 11 is 6.45. The number of nitriles is 1. The van der Waals surface area contributed by atoms with Crippen LogP contribution >= 0.6 is 22.9 Å². The van der Waals surface area contributed by atoms with Gasteiger partial charge >= 0.3 is 11.4 Å². The van der Waals surface area contributed by atoms with Gasteiger partial charge in [-0.1, -0.05) is 35.1 Å². The zero-order valence-electron chi connectivity index (χ0n) is 12.0. The lowest BCUT2D eigenvalue weighted by Gasteiger charge is -2.08. The van der Waals surface area contributed by atoms with Crippen molar-refractivity contribution >= 4 is 45.5 Å². The average Bonchev–Trinajstić information content (AvgIpc) is 2.91. The Bertz CT molecular complexity index is 872. The van der Waals surface area contributed by atoms with Gasteiger partial charge in [0.15, 0.2) is 9.34 Å². The molecule has 0 fully saturated rings. The number of hydrazone groups is 1. The van der Waals surface area contributed by atoms with E-state index in [4.69, 9.17) is 16.9 Å². The molecule has 0 atom stereocenters. The number of thiophene rings is 1. The SMILES string of the molecule is CN(/N=C\c1ccc(C#N)cc1)c1sc(Cl)c([N+](=O)[O-])c1[N+](=O)[O-]. The van der Waals surface area contributed by atoms with Gasteiger partial charge in [-0.25, -0.2) is 0 Å². The molecule has 1 aromatic heterocycles. The van der Waals surface area contributed by atoms with Crippen LogP contribution in [0.2, 0.25) is 4.34 Å². The number of rotatable bonds is 5. The van der Waals surface area contributed by atoms with E-state index in [1.807, 2.05) is 6.07 Å². The Labute approximate surface area is 144 Å². The molecule has 0 saturated carbocycles. The summed E-state index contributed by atoms with van der Waals surface area (Å²) in [5, 5.41) is 36.0. The molecule has 2 aromatic rings. The van der Waals surface area contributed by atoms with Crippen molar-refractivity contribution in [1.29, 1.82) is 5.26 Å². The Balaban J connectivity index is 2.35. The highest BCUT2D eigenvalue weighted by atomic mass is 35.5. The molecule has 0 bridgehead atoms. The molecule has 9 nitrogen and oxygen atoms in total. The first-order valence-electron chi connectivity index (χ1n) is 6.24. The van der Waals surface area contributed by atoms with Crippen molar-refractivity contribution in [2.45, 2.75) is 0 Å². The van der Waals surface area contributed by atoms with Crippen LogP contribution < -0.4 is 5.01 Å². The van der Waals surface area contributed by atoms with Crippen LogP contribution in [-0.2, 0) is 0 Å². The van der Waals surface area contributed by atoms with E-state index in [0.29, 0.717) is 22.5 Å².